The molecule has 1 unspecified atom stereocenters. The van der Waals surface area contributed by atoms with E-state index in [9.17, 15) is 4.79 Å². The van der Waals surface area contributed by atoms with Crippen LogP contribution in [0, 0.1) is 0 Å². The number of hydrogen-bond acceptors (Lipinski definition) is 7. The minimum atomic E-state index is -0.326. The van der Waals surface area contributed by atoms with Gasteiger partial charge in [-0.05, 0) is 18.4 Å². The normalized spacial score (nSPS) is 12.2. The van der Waals surface area contributed by atoms with Gasteiger partial charge in [0.1, 0.15) is 10.7 Å². The zero-order valence-corrected chi connectivity index (χ0v) is 12.0. The van der Waals surface area contributed by atoms with Gasteiger partial charge >= 0.3 is 0 Å². The highest BCUT2D eigenvalue weighted by molar-refractivity contribution is 7.14. The van der Waals surface area contributed by atoms with E-state index in [0.717, 1.165) is 10.6 Å². The molecule has 1 atom stereocenters. The Morgan fingerprint density at radius 3 is 3.05 bits per heavy atom. The third-order valence-corrected chi connectivity index (χ3v) is 4.18. The molecule has 3 aromatic heterocycles. The SMILES string of the molecule is CC(NC(=O)c1csc(-c2ccsc2)n1)c1nn[nH]n1. The fourth-order valence-corrected chi connectivity index (χ4v) is 3.10. The van der Waals surface area contributed by atoms with E-state index in [2.05, 4.69) is 30.9 Å². The van der Waals surface area contributed by atoms with Crippen LogP contribution in [0.2, 0.25) is 0 Å². The molecule has 0 spiro atoms. The van der Waals surface area contributed by atoms with Gasteiger partial charge in [0.25, 0.3) is 5.91 Å². The first-order chi connectivity index (χ1) is 9.74. The molecular formula is C11H10N6OS2. The molecule has 1 amide bonds. The van der Waals surface area contributed by atoms with Gasteiger partial charge in [-0.1, -0.05) is 5.21 Å². The van der Waals surface area contributed by atoms with Crippen LogP contribution in [0.3, 0.4) is 0 Å². The highest BCUT2D eigenvalue weighted by Crippen LogP contribution is 2.25. The molecule has 9 heteroatoms. The number of thiophene rings is 1. The van der Waals surface area contributed by atoms with E-state index < -0.39 is 0 Å². The number of H-pyrrole nitrogens is 1. The van der Waals surface area contributed by atoms with Gasteiger partial charge in [0.05, 0.1) is 6.04 Å². The number of nitrogens with one attached hydrogen (secondary N) is 2. The van der Waals surface area contributed by atoms with Crippen LogP contribution in [0.1, 0.15) is 29.3 Å². The average molecular weight is 306 g/mol. The minimum absolute atomic E-state index is 0.250. The Bertz CT molecular complexity index is 690. The number of nitrogens with zero attached hydrogens (tertiary/aromatic N) is 4. The third-order valence-electron chi connectivity index (χ3n) is 2.60. The van der Waals surface area contributed by atoms with Gasteiger partial charge in [-0.2, -0.15) is 16.6 Å². The molecule has 3 heterocycles. The molecule has 7 nitrogen and oxygen atoms in total. The summed E-state index contributed by atoms with van der Waals surface area (Å²) in [5, 5.41) is 22.8. The molecule has 0 aliphatic rings. The molecule has 3 aromatic rings. The Balaban J connectivity index is 1.72. The summed E-state index contributed by atoms with van der Waals surface area (Å²) < 4.78 is 0. The number of rotatable bonds is 4. The molecule has 20 heavy (non-hydrogen) atoms. The lowest BCUT2D eigenvalue weighted by atomic mass is 10.3. The Labute approximate surface area is 122 Å². The molecule has 0 saturated heterocycles. The first kappa shape index (κ1) is 12.9. The summed E-state index contributed by atoms with van der Waals surface area (Å²) in [5.41, 5.74) is 1.43. The second-order valence-electron chi connectivity index (χ2n) is 4.02. The topological polar surface area (TPSA) is 96.5 Å². The van der Waals surface area contributed by atoms with Gasteiger partial charge in [-0.15, -0.1) is 21.5 Å². The van der Waals surface area contributed by atoms with Crippen molar-refractivity contribution in [3.05, 3.63) is 33.7 Å². The van der Waals surface area contributed by atoms with Crippen molar-refractivity contribution in [3.8, 4) is 10.6 Å². The number of tetrazole rings is 1. The van der Waals surface area contributed by atoms with E-state index in [1.54, 1.807) is 23.6 Å². The summed E-state index contributed by atoms with van der Waals surface area (Å²) in [5.74, 6) is 0.187. The molecule has 2 N–H and O–H groups in total. The van der Waals surface area contributed by atoms with Crippen molar-refractivity contribution in [2.75, 3.05) is 0 Å². The van der Waals surface area contributed by atoms with Gasteiger partial charge < -0.3 is 5.32 Å². The van der Waals surface area contributed by atoms with Crippen molar-refractivity contribution >= 4 is 28.6 Å². The Morgan fingerprint density at radius 1 is 1.45 bits per heavy atom. The van der Waals surface area contributed by atoms with Crippen LogP contribution < -0.4 is 5.32 Å². The molecule has 102 valence electrons. The van der Waals surface area contributed by atoms with Crippen LogP contribution in [0.4, 0.5) is 0 Å². The highest BCUT2D eigenvalue weighted by atomic mass is 32.1. The van der Waals surface area contributed by atoms with Crippen LogP contribution >= 0.6 is 22.7 Å². The molecule has 0 aromatic carbocycles. The fourth-order valence-electron chi connectivity index (χ4n) is 1.58. The van der Waals surface area contributed by atoms with E-state index in [-0.39, 0.29) is 11.9 Å². The van der Waals surface area contributed by atoms with E-state index in [0.29, 0.717) is 11.5 Å². The van der Waals surface area contributed by atoms with E-state index in [1.807, 2.05) is 16.8 Å². The van der Waals surface area contributed by atoms with Gasteiger partial charge in [0.15, 0.2) is 5.82 Å². The number of amides is 1. The van der Waals surface area contributed by atoms with Crippen molar-refractivity contribution < 1.29 is 4.79 Å². The summed E-state index contributed by atoms with van der Waals surface area (Å²) in [6, 6.07) is 1.65. The number of hydrogen-bond donors (Lipinski definition) is 2. The van der Waals surface area contributed by atoms with E-state index >= 15 is 0 Å². The maximum Gasteiger partial charge on any atom is 0.271 e. The smallest absolute Gasteiger partial charge is 0.271 e. The summed E-state index contributed by atoms with van der Waals surface area (Å²) in [6.07, 6.45) is 0. The Kier molecular flexibility index (Phi) is 3.52. The second-order valence-corrected chi connectivity index (χ2v) is 5.65. The van der Waals surface area contributed by atoms with E-state index in [1.165, 1.54) is 11.3 Å². The summed E-state index contributed by atoms with van der Waals surface area (Å²) in [4.78, 5) is 16.4. The molecule has 0 bridgehead atoms. The van der Waals surface area contributed by atoms with Crippen molar-refractivity contribution in [2.45, 2.75) is 13.0 Å². The minimum Gasteiger partial charge on any atom is -0.341 e. The maximum absolute atomic E-state index is 12.1. The summed E-state index contributed by atoms with van der Waals surface area (Å²) >= 11 is 3.05. The van der Waals surface area contributed by atoms with Crippen LogP contribution in [-0.2, 0) is 0 Å². The second kappa shape index (κ2) is 5.47. The van der Waals surface area contributed by atoms with E-state index in [4.69, 9.17) is 0 Å². The fraction of sp³-hybridized carbons (Fsp3) is 0.182. The number of carbonyl (C=O) groups excluding carboxylic acids is 1. The number of aromatic nitrogens is 5. The first-order valence-electron chi connectivity index (χ1n) is 5.76. The molecule has 0 radical (unpaired) electrons. The molecular weight excluding hydrogens is 296 g/mol. The maximum atomic E-state index is 12.1. The average Bonchev–Trinajstić information content (AvgIpc) is 3.19. The van der Waals surface area contributed by atoms with Gasteiger partial charge in [0, 0.05) is 16.3 Å². The quantitative estimate of drug-likeness (QED) is 0.767. The lowest BCUT2D eigenvalue weighted by Crippen LogP contribution is -2.27. The van der Waals surface area contributed by atoms with Gasteiger partial charge in [0.2, 0.25) is 0 Å². The third kappa shape index (κ3) is 2.58. The molecule has 3 rings (SSSR count). The Hall–Kier alpha value is -2.13. The zero-order chi connectivity index (χ0) is 13.9. The summed E-state index contributed by atoms with van der Waals surface area (Å²) in [7, 11) is 0. The van der Waals surface area contributed by atoms with Crippen LogP contribution in [0.5, 0.6) is 0 Å². The van der Waals surface area contributed by atoms with Crippen molar-refractivity contribution in [1.82, 2.24) is 30.9 Å². The van der Waals surface area contributed by atoms with Gasteiger partial charge in [-0.3, -0.25) is 4.79 Å². The Morgan fingerprint density at radius 2 is 2.35 bits per heavy atom. The van der Waals surface area contributed by atoms with Gasteiger partial charge in [-0.25, -0.2) is 4.98 Å². The lowest BCUT2D eigenvalue weighted by molar-refractivity contribution is 0.0934. The summed E-state index contributed by atoms with van der Waals surface area (Å²) in [6.45, 7) is 1.79. The monoisotopic (exact) mass is 306 g/mol. The first-order valence-corrected chi connectivity index (χ1v) is 7.58. The van der Waals surface area contributed by atoms with Crippen molar-refractivity contribution in [2.24, 2.45) is 0 Å². The standard InChI is InChI=1S/C11H10N6OS2/c1-6(9-14-16-17-15-9)12-10(18)8-5-20-11(13-8)7-2-3-19-4-7/h2-6H,1H3,(H,12,18)(H,14,15,16,17). The molecule has 0 aliphatic heterocycles. The lowest BCUT2D eigenvalue weighted by Gasteiger charge is -2.07. The molecule has 0 fully saturated rings. The largest absolute Gasteiger partial charge is 0.341 e. The predicted octanol–water partition coefficient (Wildman–Crippen LogP) is 1.88. The molecule has 0 saturated carbocycles. The number of thiazole rings is 1. The van der Waals surface area contributed by atoms with Crippen molar-refractivity contribution in [1.29, 1.82) is 0 Å². The molecule has 0 aliphatic carbocycles. The highest BCUT2D eigenvalue weighted by Gasteiger charge is 2.17. The number of aromatic amines is 1. The predicted molar refractivity (Wildman–Crippen MR) is 75.5 cm³/mol. The van der Waals surface area contributed by atoms with Crippen LogP contribution in [0.15, 0.2) is 22.2 Å². The zero-order valence-electron chi connectivity index (χ0n) is 10.4. The van der Waals surface area contributed by atoms with Crippen molar-refractivity contribution in [3.63, 3.8) is 0 Å². The van der Waals surface area contributed by atoms with Crippen LogP contribution in [-0.4, -0.2) is 31.5 Å². The van der Waals surface area contributed by atoms with Crippen LogP contribution in [0.25, 0.3) is 10.6 Å². The number of carbonyl (C=O) groups is 1.